The number of amides is 1. The summed E-state index contributed by atoms with van der Waals surface area (Å²) in [5.41, 5.74) is 0. The van der Waals surface area contributed by atoms with Crippen molar-refractivity contribution in [1.82, 2.24) is 20.0 Å². The molecule has 2 fully saturated rings. The van der Waals surface area contributed by atoms with Crippen LogP contribution in [-0.2, 0) is 4.79 Å². The molecule has 2 saturated heterocycles. The van der Waals surface area contributed by atoms with Gasteiger partial charge >= 0.3 is 0 Å². The molecule has 2 atom stereocenters. The molecule has 2 unspecified atom stereocenters. The minimum absolute atomic E-state index is 0.189. The standard InChI is InChI=1S/C15H24N4O/c1-12(19-9-3-8-17-19)15(20)18-10-5-13(6-11-18)14-4-2-7-16-14/h3,8-9,12-14,16H,2,4-7,10-11H2,1H3. The van der Waals surface area contributed by atoms with E-state index < -0.39 is 0 Å². The Morgan fingerprint density at radius 3 is 2.75 bits per heavy atom. The van der Waals surface area contributed by atoms with Crippen LogP contribution in [0, 0.1) is 5.92 Å². The summed E-state index contributed by atoms with van der Waals surface area (Å²) in [7, 11) is 0. The van der Waals surface area contributed by atoms with Gasteiger partial charge in [0.1, 0.15) is 6.04 Å². The lowest BCUT2D eigenvalue weighted by atomic mass is 9.88. The molecule has 2 aliphatic rings. The van der Waals surface area contributed by atoms with Gasteiger partial charge in [0.15, 0.2) is 0 Å². The highest BCUT2D eigenvalue weighted by Crippen LogP contribution is 2.26. The maximum absolute atomic E-state index is 12.5. The largest absolute Gasteiger partial charge is 0.341 e. The van der Waals surface area contributed by atoms with Crippen LogP contribution in [-0.4, -0.2) is 46.3 Å². The van der Waals surface area contributed by atoms with Gasteiger partial charge in [0.2, 0.25) is 5.91 Å². The fourth-order valence-corrected chi connectivity index (χ4v) is 3.52. The van der Waals surface area contributed by atoms with Crippen molar-refractivity contribution < 1.29 is 4.79 Å². The second-order valence-electron chi connectivity index (χ2n) is 6.03. The maximum Gasteiger partial charge on any atom is 0.247 e. The van der Waals surface area contributed by atoms with E-state index in [0.717, 1.165) is 31.8 Å². The van der Waals surface area contributed by atoms with Gasteiger partial charge in [-0.1, -0.05) is 0 Å². The first-order valence-electron chi connectivity index (χ1n) is 7.77. The minimum Gasteiger partial charge on any atom is -0.341 e. The molecule has 2 aliphatic heterocycles. The van der Waals surface area contributed by atoms with Crippen molar-refractivity contribution in [2.24, 2.45) is 5.92 Å². The molecule has 110 valence electrons. The molecular weight excluding hydrogens is 252 g/mol. The van der Waals surface area contributed by atoms with Crippen molar-refractivity contribution in [2.45, 2.75) is 44.7 Å². The lowest BCUT2D eigenvalue weighted by Gasteiger charge is -2.36. The number of hydrogen-bond acceptors (Lipinski definition) is 3. The monoisotopic (exact) mass is 276 g/mol. The number of rotatable bonds is 3. The average molecular weight is 276 g/mol. The van der Waals surface area contributed by atoms with Gasteiger partial charge in [-0.2, -0.15) is 5.10 Å². The van der Waals surface area contributed by atoms with Gasteiger partial charge in [-0.25, -0.2) is 0 Å². The fraction of sp³-hybridized carbons (Fsp3) is 0.733. The van der Waals surface area contributed by atoms with Crippen molar-refractivity contribution in [2.75, 3.05) is 19.6 Å². The summed E-state index contributed by atoms with van der Waals surface area (Å²) in [6, 6.07) is 2.36. The van der Waals surface area contributed by atoms with Crippen LogP contribution in [0.3, 0.4) is 0 Å². The molecule has 20 heavy (non-hydrogen) atoms. The van der Waals surface area contributed by atoms with Crippen molar-refractivity contribution in [1.29, 1.82) is 0 Å². The fourth-order valence-electron chi connectivity index (χ4n) is 3.52. The molecule has 1 aromatic heterocycles. The Morgan fingerprint density at radius 2 is 2.15 bits per heavy atom. The second-order valence-corrected chi connectivity index (χ2v) is 6.03. The summed E-state index contributed by atoms with van der Waals surface area (Å²) in [6.45, 7) is 4.89. The highest BCUT2D eigenvalue weighted by Gasteiger charge is 2.31. The molecule has 5 heteroatoms. The Bertz CT molecular complexity index is 431. The van der Waals surface area contributed by atoms with E-state index in [1.807, 2.05) is 24.1 Å². The average Bonchev–Trinajstić information content (AvgIpc) is 3.18. The molecule has 3 rings (SSSR count). The lowest BCUT2D eigenvalue weighted by molar-refractivity contribution is -0.136. The summed E-state index contributed by atoms with van der Waals surface area (Å²) in [4.78, 5) is 14.5. The first-order chi connectivity index (χ1) is 9.75. The van der Waals surface area contributed by atoms with E-state index in [9.17, 15) is 4.79 Å². The van der Waals surface area contributed by atoms with Crippen molar-refractivity contribution in [3.63, 3.8) is 0 Å². The molecule has 3 heterocycles. The van der Waals surface area contributed by atoms with E-state index in [1.54, 1.807) is 10.9 Å². The zero-order valence-corrected chi connectivity index (χ0v) is 12.2. The first-order valence-corrected chi connectivity index (χ1v) is 7.77. The summed E-state index contributed by atoms with van der Waals surface area (Å²) in [5.74, 6) is 0.952. The van der Waals surface area contributed by atoms with Crippen molar-refractivity contribution in [3.8, 4) is 0 Å². The van der Waals surface area contributed by atoms with E-state index in [4.69, 9.17) is 0 Å². The Morgan fingerprint density at radius 1 is 1.35 bits per heavy atom. The number of nitrogens with one attached hydrogen (secondary N) is 1. The first kappa shape index (κ1) is 13.6. The van der Waals surface area contributed by atoms with Gasteiger partial charge in [-0.15, -0.1) is 0 Å². The zero-order chi connectivity index (χ0) is 13.9. The predicted molar refractivity (Wildman–Crippen MR) is 77.3 cm³/mol. The Balaban J connectivity index is 1.53. The maximum atomic E-state index is 12.5. The zero-order valence-electron chi connectivity index (χ0n) is 12.2. The van der Waals surface area contributed by atoms with Crippen LogP contribution in [0.4, 0.5) is 0 Å². The third-order valence-electron chi connectivity index (χ3n) is 4.80. The molecule has 1 aromatic rings. The molecular formula is C15H24N4O. The van der Waals surface area contributed by atoms with E-state index in [1.165, 1.54) is 19.4 Å². The number of aromatic nitrogens is 2. The van der Waals surface area contributed by atoms with Crippen LogP contribution < -0.4 is 5.32 Å². The molecule has 0 radical (unpaired) electrons. The molecule has 1 N–H and O–H groups in total. The minimum atomic E-state index is -0.189. The van der Waals surface area contributed by atoms with Gasteiger partial charge in [0.05, 0.1) is 0 Å². The lowest BCUT2D eigenvalue weighted by Crippen LogP contribution is -2.45. The van der Waals surface area contributed by atoms with Crippen LogP contribution in [0.25, 0.3) is 0 Å². The highest BCUT2D eigenvalue weighted by molar-refractivity contribution is 5.80. The molecule has 1 amide bonds. The summed E-state index contributed by atoms with van der Waals surface area (Å²) in [6.07, 6.45) is 8.46. The highest BCUT2D eigenvalue weighted by atomic mass is 16.2. The number of piperidine rings is 1. The molecule has 0 aliphatic carbocycles. The quantitative estimate of drug-likeness (QED) is 0.908. The van der Waals surface area contributed by atoms with Gasteiger partial charge in [0, 0.05) is 31.5 Å². The Kier molecular flexibility index (Phi) is 4.05. The molecule has 0 aromatic carbocycles. The van der Waals surface area contributed by atoms with Crippen LogP contribution in [0.5, 0.6) is 0 Å². The number of nitrogens with zero attached hydrogens (tertiary/aromatic N) is 3. The number of hydrogen-bond donors (Lipinski definition) is 1. The Hall–Kier alpha value is -1.36. The third kappa shape index (κ3) is 2.73. The molecule has 0 spiro atoms. The van der Waals surface area contributed by atoms with Crippen molar-refractivity contribution >= 4 is 5.91 Å². The van der Waals surface area contributed by atoms with Crippen LogP contribution in [0.15, 0.2) is 18.5 Å². The van der Waals surface area contributed by atoms with Gasteiger partial charge in [-0.05, 0) is 51.1 Å². The van der Waals surface area contributed by atoms with E-state index >= 15 is 0 Å². The number of carbonyl (C=O) groups is 1. The predicted octanol–water partition coefficient (Wildman–Crippen LogP) is 1.43. The topological polar surface area (TPSA) is 50.2 Å². The van der Waals surface area contributed by atoms with Gasteiger partial charge < -0.3 is 10.2 Å². The van der Waals surface area contributed by atoms with Crippen LogP contribution >= 0.6 is 0 Å². The van der Waals surface area contributed by atoms with Gasteiger partial charge in [0.25, 0.3) is 0 Å². The normalized spacial score (nSPS) is 25.9. The van der Waals surface area contributed by atoms with E-state index in [2.05, 4.69) is 10.4 Å². The van der Waals surface area contributed by atoms with Crippen LogP contribution in [0.2, 0.25) is 0 Å². The Labute approximate surface area is 120 Å². The second kappa shape index (κ2) is 5.95. The van der Waals surface area contributed by atoms with Crippen molar-refractivity contribution in [3.05, 3.63) is 18.5 Å². The van der Waals surface area contributed by atoms with E-state index in [-0.39, 0.29) is 11.9 Å². The SMILES string of the molecule is CC(C(=O)N1CCC(C2CCCN2)CC1)n1cccn1. The molecule has 5 nitrogen and oxygen atoms in total. The summed E-state index contributed by atoms with van der Waals surface area (Å²) < 4.78 is 1.74. The van der Waals surface area contributed by atoms with E-state index in [0.29, 0.717) is 6.04 Å². The van der Waals surface area contributed by atoms with Gasteiger partial charge in [-0.3, -0.25) is 9.48 Å². The van der Waals surface area contributed by atoms with Crippen LogP contribution in [0.1, 0.15) is 38.6 Å². The molecule has 0 saturated carbocycles. The summed E-state index contributed by atoms with van der Waals surface area (Å²) >= 11 is 0. The number of likely N-dealkylation sites (tertiary alicyclic amines) is 1. The molecule has 0 bridgehead atoms. The smallest absolute Gasteiger partial charge is 0.247 e. The summed E-state index contributed by atoms with van der Waals surface area (Å²) in [5, 5.41) is 7.77. The number of carbonyl (C=O) groups excluding carboxylic acids is 1. The third-order valence-corrected chi connectivity index (χ3v) is 4.80.